The van der Waals surface area contributed by atoms with E-state index in [1.165, 1.54) is 0 Å². The van der Waals surface area contributed by atoms with Crippen molar-refractivity contribution in [2.75, 3.05) is 18.8 Å². The molecule has 8 heteroatoms. The highest BCUT2D eigenvalue weighted by Gasteiger charge is 2.27. The summed E-state index contributed by atoms with van der Waals surface area (Å²) in [7, 11) is 0. The smallest absolute Gasteiger partial charge is 0.259 e. The molecule has 27 heavy (non-hydrogen) atoms. The van der Waals surface area contributed by atoms with Crippen LogP contribution < -0.4 is 0 Å². The van der Waals surface area contributed by atoms with Gasteiger partial charge in [0.2, 0.25) is 5.91 Å². The third-order valence-electron chi connectivity index (χ3n) is 4.58. The van der Waals surface area contributed by atoms with Crippen molar-refractivity contribution in [3.05, 3.63) is 54.9 Å². The molecule has 3 aromatic rings. The molecule has 0 N–H and O–H groups in total. The van der Waals surface area contributed by atoms with Gasteiger partial charge in [-0.3, -0.25) is 14.8 Å². The number of carbonyl (C=O) groups excluding carboxylic acids is 1. The van der Waals surface area contributed by atoms with Crippen LogP contribution in [0.4, 0.5) is 0 Å². The van der Waals surface area contributed by atoms with Gasteiger partial charge >= 0.3 is 0 Å². The van der Waals surface area contributed by atoms with Crippen LogP contribution in [0.5, 0.6) is 0 Å². The number of nitrogens with zero attached hydrogens (tertiary/aromatic N) is 5. The third kappa shape index (κ3) is 4.33. The van der Waals surface area contributed by atoms with E-state index in [0.717, 1.165) is 36.4 Å². The molecule has 0 unspecified atom stereocenters. The van der Waals surface area contributed by atoms with Gasteiger partial charge in [0.25, 0.3) is 5.89 Å². The molecule has 0 bridgehead atoms. The summed E-state index contributed by atoms with van der Waals surface area (Å²) >= 11 is 1.54. The molecule has 1 aliphatic rings. The highest BCUT2D eigenvalue weighted by molar-refractivity contribution is 8.00. The number of carbonyl (C=O) groups is 1. The zero-order valence-electron chi connectivity index (χ0n) is 14.7. The van der Waals surface area contributed by atoms with Gasteiger partial charge in [-0.05, 0) is 37.1 Å². The van der Waals surface area contributed by atoms with Gasteiger partial charge in [-0.1, -0.05) is 5.16 Å². The monoisotopic (exact) mass is 381 g/mol. The van der Waals surface area contributed by atoms with E-state index in [2.05, 4.69) is 20.1 Å². The van der Waals surface area contributed by atoms with Crippen LogP contribution in [0.1, 0.15) is 24.6 Å². The van der Waals surface area contributed by atoms with Crippen LogP contribution in [-0.4, -0.2) is 49.8 Å². The second-order valence-electron chi connectivity index (χ2n) is 6.33. The fourth-order valence-corrected chi connectivity index (χ4v) is 3.85. The first-order chi connectivity index (χ1) is 13.3. The Labute approximate surface area is 161 Å². The SMILES string of the molecule is O=C(CSc1ccncc1)N1CCC(c2noc(-c3cccnc3)n2)CC1. The molecule has 3 aromatic heterocycles. The zero-order chi connectivity index (χ0) is 18.5. The molecule has 0 saturated carbocycles. The van der Waals surface area contributed by atoms with Crippen LogP contribution in [0.15, 0.2) is 58.5 Å². The summed E-state index contributed by atoms with van der Waals surface area (Å²) in [5.41, 5.74) is 0.817. The lowest BCUT2D eigenvalue weighted by atomic mass is 9.96. The predicted molar refractivity (Wildman–Crippen MR) is 101 cm³/mol. The summed E-state index contributed by atoms with van der Waals surface area (Å²) in [4.78, 5) is 28.0. The lowest BCUT2D eigenvalue weighted by Crippen LogP contribution is -2.39. The van der Waals surface area contributed by atoms with Gasteiger partial charge in [0.1, 0.15) is 0 Å². The fraction of sp³-hybridized carbons (Fsp3) is 0.316. The Kier molecular flexibility index (Phi) is 5.43. The van der Waals surface area contributed by atoms with Crippen molar-refractivity contribution in [1.82, 2.24) is 25.0 Å². The van der Waals surface area contributed by atoms with Gasteiger partial charge in [-0.2, -0.15) is 4.98 Å². The summed E-state index contributed by atoms with van der Waals surface area (Å²) in [5, 5.41) is 4.13. The number of thioether (sulfide) groups is 1. The second-order valence-corrected chi connectivity index (χ2v) is 7.37. The first-order valence-corrected chi connectivity index (χ1v) is 9.83. The summed E-state index contributed by atoms with van der Waals surface area (Å²) in [6.45, 7) is 1.44. The van der Waals surface area contributed by atoms with E-state index >= 15 is 0 Å². The van der Waals surface area contributed by atoms with E-state index in [9.17, 15) is 4.79 Å². The molecular formula is C19H19N5O2S. The summed E-state index contributed by atoms with van der Waals surface area (Å²) < 4.78 is 5.38. The van der Waals surface area contributed by atoms with E-state index in [1.54, 1.807) is 36.5 Å². The topological polar surface area (TPSA) is 85.0 Å². The van der Waals surface area contributed by atoms with E-state index in [0.29, 0.717) is 17.5 Å². The molecule has 1 amide bonds. The number of likely N-dealkylation sites (tertiary alicyclic amines) is 1. The average molecular weight is 381 g/mol. The number of piperidine rings is 1. The highest BCUT2D eigenvalue weighted by atomic mass is 32.2. The number of aromatic nitrogens is 4. The second kappa shape index (κ2) is 8.30. The first kappa shape index (κ1) is 17.7. The van der Waals surface area contributed by atoms with E-state index < -0.39 is 0 Å². The van der Waals surface area contributed by atoms with E-state index in [-0.39, 0.29) is 11.8 Å². The minimum Gasteiger partial charge on any atom is -0.342 e. The lowest BCUT2D eigenvalue weighted by molar-refractivity contribution is -0.129. The number of amides is 1. The molecule has 0 radical (unpaired) electrons. The number of hydrogen-bond acceptors (Lipinski definition) is 7. The van der Waals surface area contributed by atoms with Gasteiger partial charge in [-0.25, -0.2) is 0 Å². The summed E-state index contributed by atoms with van der Waals surface area (Å²) in [5.74, 6) is 2.04. The minimum atomic E-state index is 0.166. The molecule has 4 heterocycles. The Balaban J connectivity index is 1.30. The maximum atomic E-state index is 12.4. The van der Waals surface area contributed by atoms with Crippen LogP contribution in [0, 0.1) is 0 Å². The average Bonchev–Trinajstić information content (AvgIpc) is 3.24. The molecule has 1 fully saturated rings. The van der Waals surface area contributed by atoms with Crippen molar-refractivity contribution in [2.45, 2.75) is 23.7 Å². The van der Waals surface area contributed by atoms with Crippen molar-refractivity contribution in [2.24, 2.45) is 0 Å². The first-order valence-electron chi connectivity index (χ1n) is 8.84. The van der Waals surface area contributed by atoms with Crippen molar-refractivity contribution in [3.8, 4) is 11.5 Å². The Morgan fingerprint density at radius 1 is 1.15 bits per heavy atom. The van der Waals surface area contributed by atoms with Crippen molar-refractivity contribution < 1.29 is 9.32 Å². The zero-order valence-corrected chi connectivity index (χ0v) is 15.5. The van der Waals surface area contributed by atoms with Crippen LogP contribution >= 0.6 is 11.8 Å². The molecule has 0 aliphatic carbocycles. The fourth-order valence-electron chi connectivity index (χ4n) is 3.07. The molecule has 0 spiro atoms. The van der Waals surface area contributed by atoms with Crippen LogP contribution in [0.3, 0.4) is 0 Å². The van der Waals surface area contributed by atoms with E-state index in [1.807, 2.05) is 29.2 Å². The van der Waals surface area contributed by atoms with Gasteiger partial charge in [0.15, 0.2) is 5.82 Å². The third-order valence-corrected chi connectivity index (χ3v) is 5.57. The largest absolute Gasteiger partial charge is 0.342 e. The lowest BCUT2D eigenvalue weighted by Gasteiger charge is -2.30. The molecule has 1 saturated heterocycles. The molecule has 4 rings (SSSR count). The molecule has 138 valence electrons. The van der Waals surface area contributed by atoms with Gasteiger partial charge in [0, 0.05) is 48.7 Å². The Morgan fingerprint density at radius 2 is 1.96 bits per heavy atom. The normalized spacial score (nSPS) is 15.0. The van der Waals surface area contributed by atoms with Crippen molar-refractivity contribution in [1.29, 1.82) is 0 Å². The Hall–Kier alpha value is -2.74. The summed E-state index contributed by atoms with van der Waals surface area (Å²) in [6.07, 6.45) is 8.58. The maximum Gasteiger partial charge on any atom is 0.259 e. The van der Waals surface area contributed by atoms with E-state index in [4.69, 9.17) is 4.52 Å². The van der Waals surface area contributed by atoms with Crippen molar-refractivity contribution >= 4 is 17.7 Å². The highest BCUT2D eigenvalue weighted by Crippen LogP contribution is 2.28. The number of pyridine rings is 2. The molecule has 0 atom stereocenters. The van der Waals surface area contributed by atoms with Crippen LogP contribution in [0.25, 0.3) is 11.5 Å². The predicted octanol–water partition coefficient (Wildman–Crippen LogP) is 3.02. The molecule has 1 aliphatic heterocycles. The van der Waals surface area contributed by atoms with Gasteiger partial charge < -0.3 is 9.42 Å². The Morgan fingerprint density at radius 3 is 2.70 bits per heavy atom. The standard InChI is InChI=1S/C19H19N5O2S/c25-17(13-27-16-3-8-20-9-4-16)24-10-5-14(6-11-24)18-22-19(26-23-18)15-2-1-7-21-12-15/h1-4,7-9,12,14H,5-6,10-11,13H2. The number of rotatable bonds is 5. The van der Waals surface area contributed by atoms with Crippen molar-refractivity contribution in [3.63, 3.8) is 0 Å². The Bertz CT molecular complexity index is 879. The minimum absolute atomic E-state index is 0.166. The molecule has 7 nitrogen and oxygen atoms in total. The van der Waals surface area contributed by atoms with Gasteiger partial charge in [0.05, 0.1) is 11.3 Å². The number of hydrogen-bond donors (Lipinski definition) is 0. The van der Waals surface area contributed by atoms with Crippen LogP contribution in [0.2, 0.25) is 0 Å². The molecular weight excluding hydrogens is 362 g/mol. The quantitative estimate of drug-likeness (QED) is 0.628. The summed E-state index contributed by atoms with van der Waals surface area (Å²) in [6, 6.07) is 7.57. The van der Waals surface area contributed by atoms with Crippen LogP contribution in [-0.2, 0) is 4.79 Å². The molecule has 0 aromatic carbocycles. The van der Waals surface area contributed by atoms with Gasteiger partial charge in [-0.15, -0.1) is 11.8 Å². The maximum absolute atomic E-state index is 12.4.